The summed E-state index contributed by atoms with van der Waals surface area (Å²) in [6, 6.07) is 0. The number of hydrogen-bond acceptors (Lipinski definition) is 3. The van der Waals surface area contributed by atoms with E-state index in [0.717, 1.165) is 19.3 Å². The molecule has 0 radical (unpaired) electrons. The molecule has 0 amide bonds. The molecule has 0 N–H and O–H groups in total. The second kappa shape index (κ2) is 19.0. The van der Waals surface area contributed by atoms with Crippen molar-refractivity contribution in [3.8, 4) is 0 Å². The fraction of sp³-hybridized carbons (Fsp3) is 0.800. The van der Waals surface area contributed by atoms with Gasteiger partial charge in [-0.05, 0) is 13.3 Å². The van der Waals surface area contributed by atoms with E-state index in [4.69, 9.17) is 0 Å². The maximum Gasteiger partial charge on any atom is 0.340 e. The van der Waals surface area contributed by atoms with Gasteiger partial charge in [0.05, 0.1) is 0 Å². The summed E-state index contributed by atoms with van der Waals surface area (Å²) < 4.78 is 4.64. The first-order valence-corrected chi connectivity index (χ1v) is 9.48. The van der Waals surface area contributed by atoms with Gasteiger partial charge in [-0.25, -0.2) is 4.79 Å². The summed E-state index contributed by atoms with van der Waals surface area (Å²) in [7, 11) is 0. The van der Waals surface area contributed by atoms with Crippen molar-refractivity contribution in [1.29, 1.82) is 0 Å². The van der Waals surface area contributed by atoms with Crippen LogP contribution >= 0.6 is 0 Å². The van der Waals surface area contributed by atoms with Crippen molar-refractivity contribution >= 4 is 35.0 Å². The van der Waals surface area contributed by atoms with Crippen molar-refractivity contribution in [2.75, 3.05) is 0 Å². The van der Waals surface area contributed by atoms with Gasteiger partial charge < -0.3 is 4.74 Å². The first kappa shape index (κ1) is 25.9. The lowest BCUT2D eigenvalue weighted by atomic mass is 10.0. The van der Waals surface area contributed by atoms with Crippen molar-refractivity contribution in [3.63, 3.8) is 0 Å². The Morgan fingerprint density at radius 2 is 1.12 bits per heavy atom. The number of rotatable bonds is 15. The fourth-order valence-corrected chi connectivity index (χ4v) is 2.53. The van der Waals surface area contributed by atoms with Gasteiger partial charge in [-0.1, -0.05) is 90.6 Å². The summed E-state index contributed by atoms with van der Waals surface area (Å²) in [6.07, 6.45) is 16.9. The zero-order valence-corrected chi connectivity index (χ0v) is 15.3. The smallest absolute Gasteiger partial charge is 0.340 e. The zero-order chi connectivity index (χ0) is 17.3. The Kier molecular flexibility index (Phi) is 20.5. The Bertz CT molecular complexity index is 340. The fourth-order valence-electron chi connectivity index (χ4n) is 2.53. The van der Waals surface area contributed by atoms with Crippen LogP contribution in [-0.4, -0.2) is 35.0 Å². The van der Waals surface area contributed by atoms with Crippen molar-refractivity contribution < 1.29 is 14.3 Å². The molecule has 0 aliphatic heterocycles. The summed E-state index contributed by atoms with van der Waals surface area (Å²) in [4.78, 5) is 22.5. The van der Waals surface area contributed by atoms with Gasteiger partial charge in [0.25, 0.3) is 0 Å². The molecule has 3 nitrogen and oxygen atoms in total. The largest absolute Gasteiger partial charge is 0.390 e. The van der Waals surface area contributed by atoms with Crippen molar-refractivity contribution in [1.82, 2.24) is 0 Å². The van der Waals surface area contributed by atoms with E-state index in [9.17, 15) is 9.59 Å². The van der Waals surface area contributed by atoms with Crippen LogP contribution in [-0.2, 0) is 14.3 Å². The van der Waals surface area contributed by atoms with Gasteiger partial charge in [-0.15, -0.1) is 0 Å². The zero-order valence-electron chi connectivity index (χ0n) is 15.3. The molecule has 0 heterocycles. The number of unbranched alkanes of at least 4 members (excludes halogenated alkanes) is 12. The van der Waals surface area contributed by atoms with E-state index in [0.29, 0.717) is 6.42 Å². The van der Waals surface area contributed by atoms with Gasteiger partial charge in [0.15, 0.2) is 0 Å². The highest BCUT2D eigenvalue weighted by atomic mass is 24.3. The number of ether oxygens (including phenoxy) is 1. The first-order chi connectivity index (χ1) is 11.1. The van der Waals surface area contributed by atoms with Crippen LogP contribution in [0.3, 0.4) is 0 Å². The van der Waals surface area contributed by atoms with E-state index in [1.807, 2.05) is 0 Å². The summed E-state index contributed by atoms with van der Waals surface area (Å²) in [5.74, 6) is -1.04. The van der Waals surface area contributed by atoms with Crippen LogP contribution < -0.4 is 0 Å². The quantitative estimate of drug-likeness (QED) is 0.134. The van der Waals surface area contributed by atoms with Gasteiger partial charge in [0.2, 0.25) is 0 Å². The van der Waals surface area contributed by atoms with Crippen molar-refractivity contribution in [3.05, 3.63) is 12.2 Å². The van der Waals surface area contributed by atoms with Gasteiger partial charge >= 0.3 is 35.0 Å². The minimum Gasteiger partial charge on any atom is -0.390 e. The van der Waals surface area contributed by atoms with E-state index in [1.165, 1.54) is 64.2 Å². The van der Waals surface area contributed by atoms with Crippen LogP contribution in [0.2, 0.25) is 0 Å². The molecule has 0 aromatic heterocycles. The molecule has 0 fully saturated rings. The molecule has 0 spiro atoms. The lowest BCUT2D eigenvalue weighted by Crippen LogP contribution is -2.12. The van der Waals surface area contributed by atoms with Gasteiger partial charge in [0, 0.05) is 12.0 Å². The monoisotopic (exact) mass is 350 g/mol. The molecule has 0 aliphatic carbocycles. The van der Waals surface area contributed by atoms with E-state index < -0.39 is 11.9 Å². The summed E-state index contributed by atoms with van der Waals surface area (Å²) in [6.45, 7) is 7.25. The topological polar surface area (TPSA) is 43.4 Å². The van der Waals surface area contributed by atoms with Crippen molar-refractivity contribution in [2.45, 2.75) is 104 Å². The SMILES string of the molecule is C=C(C)C(=O)OC(=O)CCCCCCCCCCCCCCC.[MgH2]. The lowest BCUT2D eigenvalue weighted by Gasteiger charge is -2.04. The molecule has 24 heavy (non-hydrogen) atoms. The Morgan fingerprint density at radius 3 is 1.50 bits per heavy atom. The number of carbonyl (C=O) groups excluding carboxylic acids is 2. The molecule has 0 bridgehead atoms. The molecule has 0 aliphatic rings. The molecule has 0 unspecified atom stereocenters. The average molecular weight is 351 g/mol. The van der Waals surface area contributed by atoms with Crippen LogP contribution in [0.5, 0.6) is 0 Å². The Labute approximate surface area is 165 Å². The van der Waals surface area contributed by atoms with Crippen molar-refractivity contribution in [2.24, 2.45) is 0 Å². The predicted molar refractivity (Wildman–Crippen MR) is 105 cm³/mol. The van der Waals surface area contributed by atoms with Crippen LogP contribution in [0.4, 0.5) is 0 Å². The highest BCUT2D eigenvalue weighted by molar-refractivity contribution is 5.95. The molecule has 0 rings (SSSR count). The molecule has 0 saturated heterocycles. The Morgan fingerprint density at radius 1 is 0.750 bits per heavy atom. The molecular formula is C20H38MgO3. The molecule has 4 heteroatoms. The van der Waals surface area contributed by atoms with E-state index in [1.54, 1.807) is 6.92 Å². The second-order valence-corrected chi connectivity index (χ2v) is 6.53. The first-order valence-electron chi connectivity index (χ1n) is 9.48. The number of esters is 2. The molecule has 0 aromatic rings. The van der Waals surface area contributed by atoms with Gasteiger partial charge in [-0.3, -0.25) is 4.79 Å². The van der Waals surface area contributed by atoms with E-state index in [2.05, 4.69) is 18.2 Å². The van der Waals surface area contributed by atoms with E-state index in [-0.39, 0.29) is 28.6 Å². The second-order valence-electron chi connectivity index (χ2n) is 6.53. The summed E-state index contributed by atoms with van der Waals surface area (Å²) in [5, 5.41) is 0. The lowest BCUT2D eigenvalue weighted by molar-refractivity contribution is -0.156. The minimum absolute atomic E-state index is 0. The molecular weight excluding hydrogens is 313 g/mol. The average Bonchev–Trinajstić information content (AvgIpc) is 2.51. The highest BCUT2D eigenvalue weighted by Crippen LogP contribution is 2.13. The number of hydrogen-bond donors (Lipinski definition) is 0. The third-order valence-corrected chi connectivity index (χ3v) is 4.04. The Hall–Kier alpha value is -0.354. The standard InChI is InChI=1S/C20H36O3.Mg.2H/c1-4-5-6-7-8-9-10-11-12-13-14-15-16-17-19(21)23-20(22)18(2)3;;;/h2,4-17H2,1,3H3;;;. The highest BCUT2D eigenvalue weighted by Gasteiger charge is 2.10. The third kappa shape index (κ3) is 18.0. The van der Waals surface area contributed by atoms with Gasteiger partial charge in [-0.2, -0.15) is 0 Å². The number of carbonyl (C=O) groups is 2. The van der Waals surface area contributed by atoms with E-state index >= 15 is 0 Å². The normalized spacial score (nSPS) is 10.1. The third-order valence-electron chi connectivity index (χ3n) is 4.04. The van der Waals surface area contributed by atoms with Crippen LogP contribution in [0.15, 0.2) is 12.2 Å². The Balaban J connectivity index is 0. The maximum absolute atomic E-state index is 11.4. The minimum atomic E-state index is -0.607. The molecule has 0 aromatic carbocycles. The predicted octanol–water partition coefficient (Wildman–Crippen LogP) is 5.20. The molecule has 0 atom stereocenters. The van der Waals surface area contributed by atoms with Crippen LogP contribution in [0.1, 0.15) is 104 Å². The summed E-state index contributed by atoms with van der Waals surface area (Å²) >= 11 is 0. The van der Waals surface area contributed by atoms with Crippen LogP contribution in [0, 0.1) is 0 Å². The molecule has 0 saturated carbocycles. The maximum atomic E-state index is 11.4. The summed E-state index contributed by atoms with van der Waals surface area (Å²) in [5.41, 5.74) is 0.267. The molecule has 138 valence electrons. The van der Waals surface area contributed by atoms with Gasteiger partial charge in [0.1, 0.15) is 0 Å². The van der Waals surface area contributed by atoms with Crippen LogP contribution in [0.25, 0.3) is 0 Å².